The van der Waals surface area contributed by atoms with E-state index in [0.29, 0.717) is 39.0 Å². The quantitative estimate of drug-likeness (QED) is 0.746. The van der Waals surface area contributed by atoms with Crippen LogP contribution in [-0.4, -0.2) is 73.2 Å². The molecule has 0 radical (unpaired) electrons. The topological polar surface area (TPSA) is 75.9 Å². The van der Waals surface area contributed by atoms with Crippen LogP contribution in [0.25, 0.3) is 0 Å². The normalized spacial score (nSPS) is 23.1. The molecule has 9 heteroatoms. The number of halogens is 3. The molecule has 2 atom stereocenters. The average molecular weight is 393 g/mol. The maximum atomic E-state index is 12.8. The number of carbonyl (C=O) groups is 2. The molecule has 2 fully saturated rings. The standard InChI is InChI=1S/C18H30F3N3O3/c1-2-7-24(12-18(19,20)21)16(25)14-4-3-8-23(11-14)17(26)15(22)13-5-9-27-10-6-13/h13-15H,2-12,22H2,1H3. The first kappa shape index (κ1) is 21.9. The summed E-state index contributed by atoms with van der Waals surface area (Å²) in [4.78, 5) is 27.8. The lowest BCUT2D eigenvalue weighted by molar-refractivity contribution is -0.165. The van der Waals surface area contributed by atoms with E-state index in [2.05, 4.69) is 0 Å². The zero-order chi connectivity index (χ0) is 20.0. The number of ether oxygens (including phenoxy) is 1. The second-order valence-electron chi connectivity index (χ2n) is 7.47. The largest absolute Gasteiger partial charge is 0.406 e. The molecule has 2 rings (SSSR count). The van der Waals surface area contributed by atoms with Gasteiger partial charge < -0.3 is 20.3 Å². The first-order valence-electron chi connectivity index (χ1n) is 9.70. The van der Waals surface area contributed by atoms with Gasteiger partial charge in [0.25, 0.3) is 0 Å². The van der Waals surface area contributed by atoms with Crippen molar-refractivity contribution in [3.05, 3.63) is 0 Å². The summed E-state index contributed by atoms with van der Waals surface area (Å²) >= 11 is 0. The summed E-state index contributed by atoms with van der Waals surface area (Å²) in [6.07, 6.45) is -1.45. The second kappa shape index (κ2) is 9.73. The number of carbonyl (C=O) groups excluding carboxylic acids is 2. The fourth-order valence-electron chi connectivity index (χ4n) is 3.88. The summed E-state index contributed by atoms with van der Waals surface area (Å²) in [5.74, 6) is -1.29. The number of likely N-dealkylation sites (tertiary alicyclic amines) is 1. The smallest absolute Gasteiger partial charge is 0.381 e. The molecule has 2 heterocycles. The SMILES string of the molecule is CCCN(CC(F)(F)F)C(=O)C1CCCN(C(=O)C(N)C2CCOCC2)C1. The van der Waals surface area contributed by atoms with Crippen LogP contribution in [0.1, 0.15) is 39.0 Å². The number of hydrogen-bond donors (Lipinski definition) is 1. The molecule has 2 unspecified atom stereocenters. The predicted molar refractivity (Wildman–Crippen MR) is 93.7 cm³/mol. The molecule has 0 aromatic heterocycles. The van der Waals surface area contributed by atoms with Crippen molar-refractivity contribution in [1.82, 2.24) is 9.80 Å². The highest BCUT2D eigenvalue weighted by atomic mass is 19.4. The fourth-order valence-corrected chi connectivity index (χ4v) is 3.88. The summed E-state index contributed by atoms with van der Waals surface area (Å²) in [6, 6.07) is -0.648. The van der Waals surface area contributed by atoms with Gasteiger partial charge in [-0.1, -0.05) is 6.92 Å². The van der Waals surface area contributed by atoms with Crippen LogP contribution in [-0.2, 0) is 14.3 Å². The maximum absolute atomic E-state index is 12.8. The minimum atomic E-state index is -4.43. The number of hydrogen-bond acceptors (Lipinski definition) is 4. The number of rotatable bonds is 6. The van der Waals surface area contributed by atoms with Crippen molar-refractivity contribution < 1.29 is 27.5 Å². The van der Waals surface area contributed by atoms with Gasteiger partial charge >= 0.3 is 6.18 Å². The maximum Gasteiger partial charge on any atom is 0.406 e. The lowest BCUT2D eigenvalue weighted by Gasteiger charge is -2.37. The fraction of sp³-hybridized carbons (Fsp3) is 0.889. The Kier molecular flexibility index (Phi) is 7.91. The molecule has 0 aliphatic carbocycles. The minimum Gasteiger partial charge on any atom is -0.381 e. The molecule has 0 aromatic carbocycles. The van der Waals surface area contributed by atoms with E-state index >= 15 is 0 Å². The number of amides is 2. The highest BCUT2D eigenvalue weighted by molar-refractivity contribution is 5.84. The van der Waals surface area contributed by atoms with Crippen LogP contribution in [0.2, 0.25) is 0 Å². The molecule has 2 amide bonds. The van der Waals surface area contributed by atoms with Crippen molar-refractivity contribution >= 4 is 11.8 Å². The Bertz CT molecular complexity index is 510. The summed E-state index contributed by atoms with van der Waals surface area (Å²) < 4.78 is 43.7. The summed E-state index contributed by atoms with van der Waals surface area (Å²) in [5.41, 5.74) is 6.14. The lowest BCUT2D eigenvalue weighted by atomic mass is 9.90. The van der Waals surface area contributed by atoms with Crippen LogP contribution in [0.5, 0.6) is 0 Å². The van der Waals surface area contributed by atoms with Gasteiger partial charge in [-0.15, -0.1) is 0 Å². The molecule has 0 saturated carbocycles. The Labute approximate surface area is 158 Å². The summed E-state index contributed by atoms with van der Waals surface area (Å²) in [6.45, 7) is 2.35. The van der Waals surface area contributed by atoms with Gasteiger partial charge in [0.2, 0.25) is 11.8 Å². The summed E-state index contributed by atoms with van der Waals surface area (Å²) in [5, 5.41) is 0. The number of piperidine rings is 1. The van der Waals surface area contributed by atoms with E-state index in [0.717, 1.165) is 17.7 Å². The van der Waals surface area contributed by atoms with Gasteiger partial charge in [0, 0.05) is 32.8 Å². The number of nitrogens with two attached hydrogens (primary N) is 1. The zero-order valence-corrected chi connectivity index (χ0v) is 15.8. The molecular formula is C18H30F3N3O3. The van der Waals surface area contributed by atoms with Crippen LogP contribution in [0.4, 0.5) is 13.2 Å². The van der Waals surface area contributed by atoms with Crippen LogP contribution >= 0.6 is 0 Å². The predicted octanol–water partition coefficient (Wildman–Crippen LogP) is 1.78. The average Bonchev–Trinajstić information content (AvgIpc) is 2.65. The Balaban J connectivity index is 1.98. The van der Waals surface area contributed by atoms with E-state index < -0.39 is 30.6 Å². The first-order chi connectivity index (χ1) is 12.7. The molecule has 0 spiro atoms. The molecule has 2 aliphatic rings. The van der Waals surface area contributed by atoms with E-state index in [1.165, 1.54) is 0 Å². The monoisotopic (exact) mass is 393 g/mol. The molecule has 0 aromatic rings. The molecule has 2 N–H and O–H groups in total. The van der Waals surface area contributed by atoms with Crippen LogP contribution in [0, 0.1) is 11.8 Å². The minimum absolute atomic E-state index is 0.0455. The second-order valence-corrected chi connectivity index (χ2v) is 7.47. The lowest BCUT2D eigenvalue weighted by Crippen LogP contribution is -2.54. The third-order valence-corrected chi connectivity index (χ3v) is 5.32. The van der Waals surface area contributed by atoms with Crippen molar-refractivity contribution in [2.45, 2.75) is 51.2 Å². The highest BCUT2D eigenvalue weighted by Gasteiger charge is 2.38. The van der Waals surface area contributed by atoms with E-state index in [4.69, 9.17) is 10.5 Å². The highest BCUT2D eigenvalue weighted by Crippen LogP contribution is 2.25. The van der Waals surface area contributed by atoms with Gasteiger partial charge in [0.05, 0.1) is 12.0 Å². The van der Waals surface area contributed by atoms with E-state index in [9.17, 15) is 22.8 Å². The first-order valence-corrected chi connectivity index (χ1v) is 9.70. The summed E-state index contributed by atoms with van der Waals surface area (Å²) in [7, 11) is 0. The van der Waals surface area contributed by atoms with Crippen molar-refractivity contribution in [1.29, 1.82) is 0 Å². The van der Waals surface area contributed by atoms with Gasteiger partial charge in [-0.2, -0.15) is 13.2 Å². The molecule has 156 valence electrons. The van der Waals surface area contributed by atoms with Gasteiger partial charge in [-0.05, 0) is 38.0 Å². The van der Waals surface area contributed by atoms with Crippen LogP contribution in [0.3, 0.4) is 0 Å². The Morgan fingerprint density at radius 2 is 1.93 bits per heavy atom. The van der Waals surface area contributed by atoms with Crippen molar-refractivity contribution in [2.24, 2.45) is 17.6 Å². The Morgan fingerprint density at radius 1 is 1.26 bits per heavy atom. The van der Waals surface area contributed by atoms with Gasteiger partial charge in [-0.25, -0.2) is 0 Å². The zero-order valence-electron chi connectivity index (χ0n) is 15.8. The third kappa shape index (κ3) is 6.34. The van der Waals surface area contributed by atoms with E-state index in [-0.39, 0.29) is 24.9 Å². The van der Waals surface area contributed by atoms with E-state index in [1.807, 2.05) is 0 Å². The molecule has 2 aliphatic heterocycles. The number of nitrogens with zero attached hydrogens (tertiary/aromatic N) is 2. The Hall–Kier alpha value is -1.35. The van der Waals surface area contributed by atoms with Crippen LogP contribution < -0.4 is 5.73 Å². The van der Waals surface area contributed by atoms with Crippen molar-refractivity contribution in [2.75, 3.05) is 39.4 Å². The molecule has 2 saturated heterocycles. The van der Waals surface area contributed by atoms with E-state index in [1.54, 1.807) is 11.8 Å². The van der Waals surface area contributed by atoms with Gasteiger partial charge in [0.1, 0.15) is 6.54 Å². The third-order valence-electron chi connectivity index (χ3n) is 5.32. The Morgan fingerprint density at radius 3 is 2.52 bits per heavy atom. The van der Waals surface area contributed by atoms with Crippen molar-refractivity contribution in [3.63, 3.8) is 0 Å². The molecule has 0 bridgehead atoms. The number of alkyl halides is 3. The van der Waals surface area contributed by atoms with Crippen molar-refractivity contribution in [3.8, 4) is 0 Å². The van der Waals surface area contributed by atoms with Gasteiger partial charge in [-0.3, -0.25) is 9.59 Å². The molecule has 27 heavy (non-hydrogen) atoms. The van der Waals surface area contributed by atoms with Crippen LogP contribution in [0.15, 0.2) is 0 Å². The molecule has 6 nitrogen and oxygen atoms in total. The molecular weight excluding hydrogens is 363 g/mol. The van der Waals surface area contributed by atoms with Gasteiger partial charge in [0.15, 0.2) is 0 Å².